The van der Waals surface area contributed by atoms with Gasteiger partial charge in [0, 0.05) is 11.5 Å². The molecule has 1 saturated carbocycles. The van der Waals surface area contributed by atoms with Crippen molar-refractivity contribution in [2.24, 2.45) is 17.6 Å². The lowest BCUT2D eigenvalue weighted by atomic mass is 9.71. The molecule has 3 heteroatoms. The maximum Gasteiger partial charge on any atom is 0.123 e. The molecule has 0 bridgehead atoms. The van der Waals surface area contributed by atoms with E-state index >= 15 is 0 Å². The molecule has 0 heterocycles. The van der Waals surface area contributed by atoms with Gasteiger partial charge in [0.05, 0.1) is 6.61 Å². The lowest BCUT2D eigenvalue weighted by Crippen LogP contribution is -2.29. The molecule has 0 radical (unpaired) electrons. The average molecular weight is 279 g/mol. The summed E-state index contributed by atoms with van der Waals surface area (Å²) >= 11 is 0. The van der Waals surface area contributed by atoms with Crippen LogP contribution in [0.5, 0.6) is 5.75 Å². The van der Waals surface area contributed by atoms with E-state index in [1.807, 2.05) is 6.92 Å². The zero-order chi connectivity index (χ0) is 14.5. The molecular weight excluding hydrogens is 253 g/mol. The molecule has 1 aromatic rings. The number of benzene rings is 1. The molecule has 20 heavy (non-hydrogen) atoms. The van der Waals surface area contributed by atoms with Gasteiger partial charge in [0.25, 0.3) is 0 Å². The number of ether oxygens (including phenoxy) is 1. The third-order valence-electron chi connectivity index (χ3n) is 4.62. The second-order valence-corrected chi connectivity index (χ2v) is 5.88. The molecule has 1 aliphatic carbocycles. The summed E-state index contributed by atoms with van der Waals surface area (Å²) in [6.07, 6.45) is 4.99. The fourth-order valence-corrected chi connectivity index (χ4v) is 3.57. The van der Waals surface area contributed by atoms with E-state index in [9.17, 15) is 4.39 Å². The van der Waals surface area contributed by atoms with E-state index in [0.717, 1.165) is 11.3 Å². The van der Waals surface area contributed by atoms with Gasteiger partial charge >= 0.3 is 0 Å². The van der Waals surface area contributed by atoms with Gasteiger partial charge in [0.2, 0.25) is 0 Å². The van der Waals surface area contributed by atoms with Crippen molar-refractivity contribution < 1.29 is 9.13 Å². The topological polar surface area (TPSA) is 35.2 Å². The molecule has 1 aromatic carbocycles. The molecule has 1 fully saturated rings. The largest absolute Gasteiger partial charge is 0.494 e. The first-order chi connectivity index (χ1) is 9.67. The maximum absolute atomic E-state index is 13.7. The highest BCUT2D eigenvalue weighted by Gasteiger charge is 2.31. The fraction of sp³-hybridized carbons (Fsp3) is 0.647. The van der Waals surface area contributed by atoms with Crippen molar-refractivity contribution in [3.05, 3.63) is 29.6 Å². The summed E-state index contributed by atoms with van der Waals surface area (Å²) in [5.41, 5.74) is 6.99. The number of halogens is 1. The lowest BCUT2D eigenvalue weighted by molar-refractivity contribution is 0.214. The molecule has 0 saturated heterocycles. The van der Waals surface area contributed by atoms with E-state index in [0.29, 0.717) is 25.0 Å². The summed E-state index contributed by atoms with van der Waals surface area (Å²) < 4.78 is 19.3. The molecule has 2 N–H and O–H groups in total. The Hall–Kier alpha value is -1.09. The van der Waals surface area contributed by atoms with E-state index < -0.39 is 0 Å². The Labute approximate surface area is 121 Å². The number of rotatable bonds is 5. The third-order valence-corrected chi connectivity index (χ3v) is 4.62. The first kappa shape index (κ1) is 15.3. The van der Waals surface area contributed by atoms with Gasteiger partial charge in [-0.15, -0.1) is 0 Å². The first-order valence-corrected chi connectivity index (χ1v) is 7.79. The molecule has 112 valence electrons. The van der Waals surface area contributed by atoms with Crippen LogP contribution in [-0.4, -0.2) is 13.2 Å². The highest BCUT2D eigenvalue weighted by atomic mass is 19.1. The molecular formula is C17H26FNO. The van der Waals surface area contributed by atoms with Gasteiger partial charge < -0.3 is 10.5 Å². The zero-order valence-corrected chi connectivity index (χ0v) is 12.6. The van der Waals surface area contributed by atoms with Crippen molar-refractivity contribution in [2.75, 3.05) is 13.2 Å². The second-order valence-electron chi connectivity index (χ2n) is 5.88. The van der Waals surface area contributed by atoms with Crippen LogP contribution in [0.4, 0.5) is 4.39 Å². The second kappa shape index (κ2) is 7.07. The summed E-state index contributed by atoms with van der Waals surface area (Å²) in [6, 6.07) is 4.82. The quantitative estimate of drug-likeness (QED) is 0.881. The average Bonchev–Trinajstić information content (AvgIpc) is 2.44. The van der Waals surface area contributed by atoms with Crippen molar-refractivity contribution >= 4 is 0 Å². The Morgan fingerprint density at radius 2 is 2.10 bits per heavy atom. The van der Waals surface area contributed by atoms with Gasteiger partial charge in [-0.25, -0.2) is 4.39 Å². The van der Waals surface area contributed by atoms with Crippen LogP contribution in [0.25, 0.3) is 0 Å². The van der Waals surface area contributed by atoms with E-state index in [2.05, 4.69) is 6.92 Å². The molecule has 3 unspecified atom stereocenters. The Morgan fingerprint density at radius 1 is 1.35 bits per heavy atom. The molecule has 3 atom stereocenters. The summed E-state index contributed by atoms with van der Waals surface area (Å²) in [6.45, 7) is 5.40. The fourth-order valence-electron chi connectivity index (χ4n) is 3.57. The number of nitrogens with two attached hydrogens (primary N) is 1. The predicted molar refractivity (Wildman–Crippen MR) is 80.5 cm³/mol. The predicted octanol–water partition coefficient (Wildman–Crippen LogP) is 4.09. The lowest BCUT2D eigenvalue weighted by Gasteiger charge is -2.35. The van der Waals surface area contributed by atoms with Crippen LogP contribution in [0.1, 0.15) is 51.0 Å². The van der Waals surface area contributed by atoms with Crippen LogP contribution in [0, 0.1) is 17.7 Å². The van der Waals surface area contributed by atoms with Crippen molar-refractivity contribution in [3.63, 3.8) is 0 Å². The van der Waals surface area contributed by atoms with E-state index in [1.165, 1.54) is 31.7 Å². The number of hydrogen-bond acceptors (Lipinski definition) is 2. The maximum atomic E-state index is 13.7. The third kappa shape index (κ3) is 3.32. The Balaban J connectivity index is 2.32. The minimum atomic E-state index is -0.203. The van der Waals surface area contributed by atoms with Gasteiger partial charge in [0.1, 0.15) is 11.6 Å². The van der Waals surface area contributed by atoms with Crippen molar-refractivity contribution in [2.45, 2.75) is 45.4 Å². The van der Waals surface area contributed by atoms with Crippen molar-refractivity contribution in [1.29, 1.82) is 0 Å². The zero-order valence-electron chi connectivity index (χ0n) is 12.6. The van der Waals surface area contributed by atoms with Gasteiger partial charge in [-0.2, -0.15) is 0 Å². The highest BCUT2D eigenvalue weighted by molar-refractivity contribution is 5.37. The van der Waals surface area contributed by atoms with Crippen molar-refractivity contribution in [3.8, 4) is 5.75 Å². The Kier molecular flexibility index (Phi) is 5.41. The molecule has 0 aromatic heterocycles. The van der Waals surface area contributed by atoms with Gasteiger partial charge in [-0.05, 0) is 49.9 Å². The summed E-state index contributed by atoms with van der Waals surface area (Å²) in [5, 5.41) is 0. The highest BCUT2D eigenvalue weighted by Crippen LogP contribution is 2.42. The van der Waals surface area contributed by atoms with Gasteiger partial charge in [0.15, 0.2) is 0 Å². The van der Waals surface area contributed by atoms with Crippen molar-refractivity contribution in [1.82, 2.24) is 0 Å². The molecule has 2 rings (SSSR count). The van der Waals surface area contributed by atoms with E-state index in [-0.39, 0.29) is 11.7 Å². The Morgan fingerprint density at radius 3 is 2.75 bits per heavy atom. The molecule has 0 spiro atoms. The van der Waals surface area contributed by atoms with Gasteiger partial charge in [-0.3, -0.25) is 0 Å². The molecule has 1 aliphatic rings. The minimum absolute atomic E-state index is 0.197. The van der Waals surface area contributed by atoms with Crippen LogP contribution in [0.15, 0.2) is 18.2 Å². The standard InChI is InChI=1S/C17H26FNO/c1-3-20-17-9-8-13(18)10-15(17)16(11-19)14-7-5-4-6-12(14)2/h8-10,12,14,16H,3-7,11,19H2,1-2H3. The SMILES string of the molecule is CCOc1ccc(F)cc1C(CN)C1CCCCC1C. The van der Waals surface area contributed by atoms with Crippen LogP contribution >= 0.6 is 0 Å². The first-order valence-electron chi connectivity index (χ1n) is 7.79. The summed E-state index contributed by atoms with van der Waals surface area (Å²) in [5.74, 6) is 1.97. The molecule has 0 aliphatic heterocycles. The summed E-state index contributed by atoms with van der Waals surface area (Å²) in [4.78, 5) is 0. The van der Waals surface area contributed by atoms with E-state index in [1.54, 1.807) is 12.1 Å². The minimum Gasteiger partial charge on any atom is -0.494 e. The molecule has 2 nitrogen and oxygen atoms in total. The smallest absolute Gasteiger partial charge is 0.123 e. The van der Waals surface area contributed by atoms with Crippen LogP contribution in [-0.2, 0) is 0 Å². The summed E-state index contributed by atoms with van der Waals surface area (Å²) in [7, 11) is 0. The monoisotopic (exact) mass is 279 g/mol. The Bertz CT molecular complexity index is 435. The van der Waals surface area contributed by atoms with Crippen LogP contribution < -0.4 is 10.5 Å². The van der Waals surface area contributed by atoms with Crippen LogP contribution in [0.3, 0.4) is 0 Å². The molecule has 0 amide bonds. The van der Waals surface area contributed by atoms with Crippen LogP contribution in [0.2, 0.25) is 0 Å². The van der Waals surface area contributed by atoms with Gasteiger partial charge in [-0.1, -0.05) is 26.2 Å². The normalized spacial score (nSPS) is 24.4. The van der Waals surface area contributed by atoms with E-state index in [4.69, 9.17) is 10.5 Å². The number of hydrogen-bond donors (Lipinski definition) is 1.